The summed E-state index contributed by atoms with van der Waals surface area (Å²) < 4.78 is 62.5. The Labute approximate surface area is 256 Å². The number of rotatable bonds is 11. The molecule has 0 aliphatic rings. The van der Waals surface area contributed by atoms with Gasteiger partial charge in [0.1, 0.15) is 5.75 Å². The fourth-order valence-corrected chi connectivity index (χ4v) is 6.97. The lowest BCUT2D eigenvalue weighted by atomic mass is 10.1. The summed E-state index contributed by atoms with van der Waals surface area (Å²) in [4.78, 5) is 13.6. The van der Waals surface area contributed by atoms with E-state index in [0.717, 1.165) is 5.56 Å². The fraction of sp³-hybridized carbons (Fsp3) is 0.0606. The second-order valence-corrected chi connectivity index (χ2v) is 13.2. The number of benzene rings is 5. The molecule has 0 radical (unpaired) electrons. The number of sulfonamides is 2. The van der Waals surface area contributed by atoms with Gasteiger partial charge in [-0.15, -0.1) is 0 Å². The molecule has 1 amide bonds. The van der Waals surface area contributed by atoms with E-state index in [0.29, 0.717) is 17.1 Å². The van der Waals surface area contributed by atoms with Crippen LogP contribution in [0.5, 0.6) is 5.75 Å². The van der Waals surface area contributed by atoms with E-state index >= 15 is 0 Å². The Morgan fingerprint density at radius 1 is 0.659 bits per heavy atom. The van der Waals surface area contributed by atoms with Crippen molar-refractivity contribution < 1.29 is 26.4 Å². The second-order valence-electron chi connectivity index (χ2n) is 9.64. The molecule has 0 saturated heterocycles. The molecule has 0 aromatic heterocycles. The van der Waals surface area contributed by atoms with E-state index in [1.54, 1.807) is 60.7 Å². The summed E-state index contributed by atoms with van der Waals surface area (Å²) in [5.41, 5.74) is 1.77. The first kappa shape index (κ1) is 30.3. The van der Waals surface area contributed by atoms with E-state index in [1.165, 1.54) is 53.9 Å². The number of carbonyl (C=O) groups is 1. The van der Waals surface area contributed by atoms with E-state index in [9.17, 15) is 21.6 Å². The minimum atomic E-state index is -4.13. The van der Waals surface area contributed by atoms with Crippen LogP contribution >= 0.6 is 0 Å². The van der Waals surface area contributed by atoms with Crippen LogP contribution < -0.4 is 19.1 Å². The summed E-state index contributed by atoms with van der Waals surface area (Å²) in [7, 11) is -6.49. The van der Waals surface area contributed by atoms with Crippen molar-refractivity contribution in [1.82, 2.24) is 0 Å². The van der Waals surface area contributed by atoms with Gasteiger partial charge < -0.3 is 10.1 Å². The number of hydrogen-bond acceptors (Lipinski definition) is 6. The molecular formula is C33H29N3O6S2. The summed E-state index contributed by atoms with van der Waals surface area (Å²) in [6, 6.07) is 35.7. The SMILES string of the molecule is COc1ccc(S(=O)(=O)N(Cc2ccccc2)c2ccccc2C(=O)Nc2ccc(S(=O)(=O)Nc3ccccc3)cc2)cc1. The van der Waals surface area contributed by atoms with Gasteiger partial charge in [0.05, 0.1) is 34.7 Å². The van der Waals surface area contributed by atoms with Gasteiger partial charge in [-0.25, -0.2) is 16.8 Å². The van der Waals surface area contributed by atoms with Gasteiger partial charge in [-0.2, -0.15) is 0 Å². The molecule has 0 atom stereocenters. The number of nitrogens with one attached hydrogen (secondary N) is 2. The minimum Gasteiger partial charge on any atom is -0.497 e. The van der Waals surface area contributed by atoms with Crippen LogP contribution in [0.15, 0.2) is 143 Å². The summed E-state index contributed by atoms with van der Waals surface area (Å²) >= 11 is 0. The molecule has 11 heteroatoms. The van der Waals surface area contributed by atoms with Crippen molar-refractivity contribution in [1.29, 1.82) is 0 Å². The number of para-hydroxylation sites is 2. The molecule has 0 spiro atoms. The lowest BCUT2D eigenvalue weighted by Gasteiger charge is -2.26. The second kappa shape index (κ2) is 13.0. The normalized spacial score (nSPS) is 11.4. The number of hydrogen-bond donors (Lipinski definition) is 2. The molecule has 0 unspecified atom stereocenters. The molecule has 2 N–H and O–H groups in total. The van der Waals surface area contributed by atoms with E-state index in [2.05, 4.69) is 10.0 Å². The number of carbonyl (C=O) groups excluding carboxylic acids is 1. The van der Waals surface area contributed by atoms with Crippen LogP contribution in [-0.4, -0.2) is 29.9 Å². The molecule has 224 valence electrons. The van der Waals surface area contributed by atoms with E-state index < -0.39 is 26.0 Å². The van der Waals surface area contributed by atoms with Gasteiger partial charge in [0.15, 0.2) is 0 Å². The van der Waals surface area contributed by atoms with Crippen LogP contribution in [0.2, 0.25) is 0 Å². The molecule has 0 aliphatic heterocycles. The van der Waals surface area contributed by atoms with Crippen LogP contribution in [0.3, 0.4) is 0 Å². The van der Waals surface area contributed by atoms with Crippen molar-refractivity contribution >= 4 is 43.0 Å². The van der Waals surface area contributed by atoms with Gasteiger partial charge in [-0.05, 0) is 78.4 Å². The Morgan fingerprint density at radius 3 is 1.86 bits per heavy atom. The van der Waals surface area contributed by atoms with Crippen molar-refractivity contribution in [3.63, 3.8) is 0 Å². The largest absolute Gasteiger partial charge is 0.497 e. The molecule has 0 bridgehead atoms. The molecule has 5 aromatic rings. The van der Waals surface area contributed by atoms with Crippen molar-refractivity contribution in [2.24, 2.45) is 0 Å². The molecule has 44 heavy (non-hydrogen) atoms. The van der Waals surface area contributed by atoms with Crippen molar-refractivity contribution in [2.75, 3.05) is 21.5 Å². The zero-order chi connectivity index (χ0) is 31.2. The Bertz CT molecular complexity index is 1950. The van der Waals surface area contributed by atoms with Gasteiger partial charge in [0.2, 0.25) is 0 Å². The Morgan fingerprint density at radius 2 is 1.23 bits per heavy atom. The minimum absolute atomic E-state index is 0.0133. The highest BCUT2D eigenvalue weighted by atomic mass is 32.2. The van der Waals surface area contributed by atoms with E-state index in [1.807, 2.05) is 30.3 Å². The maximum Gasteiger partial charge on any atom is 0.264 e. The average molecular weight is 628 g/mol. The smallest absolute Gasteiger partial charge is 0.264 e. The summed E-state index contributed by atoms with van der Waals surface area (Å²) in [5.74, 6) is -0.0605. The first-order valence-corrected chi connectivity index (χ1v) is 16.4. The predicted octanol–water partition coefficient (Wildman–Crippen LogP) is 6.14. The zero-order valence-corrected chi connectivity index (χ0v) is 25.3. The van der Waals surface area contributed by atoms with Crippen molar-refractivity contribution in [2.45, 2.75) is 16.3 Å². The third kappa shape index (κ3) is 6.91. The van der Waals surface area contributed by atoms with Gasteiger partial charge in [-0.1, -0.05) is 60.7 Å². The van der Waals surface area contributed by atoms with Crippen LogP contribution in [0.25, 0.3) is 0 Å². The third-order valence-electron chi connectivity index (χ3n) is 6.68. The Kier molecular flexibility index (Phi) is 8.98. The van der Waals surface area contributed by atoms with E-state index in [4.69, 9.17) is 4.74 Å². The highest BCUT2D eigenvalue weighted by Crippen LogP contribution is 2.31. The maximum absolute atomic E-state index is 14.0. The number of nitrogens with zero attached hydrogens (tertiary/aromatic N) is 1. The Balaban J connectivity index is 1.44. The molecule has 5 rings (SSSR count). The zero-order valence-electron chi connectivity index (χ0n) is 23.6. The summed E-state index contributed by atoms with van der Waals surface area (Å²) in [6.07, 6.45) is 0. The van der Waals surface area contributed by atoms with Gasteiger partial charge in [0, 0.05) is 11.4 Å². The van der Waals surface area contributed by atoms with Crippen LogP contribution in [0, 0.1) is 0 Å². The first-order chi connectivity index (χ1) is 21.2. The van der Waals surface area contributed by atoms with Crippen molar-refractivity contribution in [3.8, 4) is 5.75 Å². The van der Waals surface area contributed by atoms with E-state index in [-0.39, 0.29) is 27.6 Å². The standard InChI is InChI=1S/C33H29N3O6S2/c1-42-28-18-22-30(23-19-28)44(40,41)36(24-25-10-4-2-5-11-25)32-15-9-8-14-31(32)33(37)34-26-16-20-29(21-17-26)43(38,39)35-27-12-6-3-7-13-27/h2-23,35H,24H2,1H3,(H,34,37). The molecule has 0 saturated carbocycles. The number of methoxy groups -OCH3 is 1. The molecular weight excluding hydrogens is 599 g/mol. The number of amides is 1. The van der Waals surface area contributed by atoms with Crippen molar-refractivity contribution in [3.05, 3.63) is 145 Å². The summed E-state index contributed by atoms with van der Waals surface area (Å²) in [5, 5.41) is 2.76. The lowest BCUT2D eigenvalue weighted by Crippen LogP contribution is -2.32. The first-order valence-electron chi connectivity index (χ1n) is 13.5. The number of anilines is 3. The van der Waals surface area contributed by atoms with Gasteiger partial charge in [-0.3, -0.25) is 13.8 Å². The monoisotopic (exact) mass is 627 g/mol. The predicted molar refractivity (Wildman–Crippen MR) is 171 cm³/mol. The third-order valence-corrected chi connectivity index (χ3v) is 9.85. The fourth-order valence-electron chi connectivity index (χ4n) is 4.44. The van der Waals surface area contributed by atoms with Gasteiger partial charge >= 0.3 is 0 Å². The molecule has 5 aromatic carbocycles. The van der Waals surface area contributed by atoms with Gasteiger partial charge in [0.25, 0.3) is 26.0 Å². The van der Waals surface area contributed by atoms with Crippen LogP contribution in [0.1, 0.15) is 15.9 Å². The molecule has 0 fully saturated rings. The lowest BCUT2D eigenvalue weighted by molar-refractivity contribution is 0.102. The molecule has 9 nitrogen and oxygen atoms in total. The quantitative estimate of drug-likeness (QED) is 0.181. The summed E-state index contributed by atoms with van der Waals surface area (Å²) in [6.45, 7) is -0.0273. The highest BCUT2D eigenvalue weighted by molar-refractivity contribution is 7.93. The maximum atomic E-state index is 14.0. The Hall–Kier alpha value is -5.13. The van der Waals surface area contributed by atoms with Crippen LogP contribution in [-0.2, 0) is 26.6 Å². The van der Waals surface area contributed by atoms with Crippen LogP contribution in [0.4, 0.5) is 17.1 Å². The average Bonchev–Trinajstić information content (AvgIpc) is 3.04. The molecule has 0 aliphatic carbocycles. The molecule has 0 heterocycles. The highest BCUT2D eigenvalue weighted by Gasteiger charge is 2.29. The topological polar surface area (TPSA) is 122 Å². The number of ether oxygens (including phenoxy) is 1.